The van der Waals surface area contributed by atoms with Gasteiger partial charge in [0.1, 0.15) is 11.9 Å². The summed E-state index contributed by atoms with van der Waals surface area (Å²) < 4.78 is 0. The van der Waals surface area contributed by atoms with Gasteiger partial charge in [-0.15, -0.1) is 5.10 Å². The zero-order chi connectivity index (χ0) is 37.3. The van der Waals surface area contributed by atoms with E-state index in [2.05, 4.69) is 40.6 Å². The summed E-state index contributed by atoms with van der Waals surface area (Å²) in [5.74, 6) is -0.901. The molecule has 2 aromatic heterocycles. The Morgan fingerprint density at radius 1 is 0.963 bits per heavy atom. The van der Waals surface area contributed by atoms with Crippen molar-refractivity contribution in [3.8, 4) is 0 Å². The van der Waals surface area contributed by atoms with Crippen molar-refractivity contribution in [3.63, 3.8) is 0 Å². The molecule has 3 fully saturated rings. The average Bonchev–Trinajstić information content (AvgIpc) is 3.89. The van der Waals surface area contributed by atoms with Crippen LogP contribution in [0.15, 0.2) is 58.7 Å². The third kappa shape index (κ3) is 7.27. The van der Waals surface area contributed by atoms with Crippen LogP contribution in [0.1, 0.15) is 72.0 Å². The van der Waals surface area contributed by atoms with Crippen LogP contribution < -0.4 is 15.9 Å². The number of likely N-dealkylation sites (tertiary alicyclic amines) is 3. The molecule has 0 spiro atoms. The minimum absolute atomic E-state index is 0.0903. The maximum Gasteiger partial charge on any atom is 0.375 e. The zero-order valence-corrected chi connectivity index (χ0v) is 30.3. The lowest BCUT2D eigenvalue weighted by Gasteiger charge is -2.42. The predicted octanol–water partition coefficient (Wildman–Crippen LogP) is 2.21. The topological polar surface area (TPSA) is 193 Å². The molecule has 0 radical (unpaired) electrons. The number of carboxylic acids is 1. The first kappa shape index (κ1) is 35.3. The van der Waals surface area contributed by atoms with Crippen LogP contribution in [-0.2, 0) is 16.0 Å². The summed E-state index contributed by atoms with van der Waals surface area (Å²) in [5, 5.41) is 28.7. The number of fused-ring (bicyclic) bond motifs is 2. The molecule has 54 heavy (non-hydrogen) atoms. The van der Waals surface area contributed by atoms with Gasteiger partial charge in [-0.05, 0) is 87.9 Å². The Balaban J connectivity index is 0.915. The van der Waals surface area contributed by atoms with Gasteiger partial charge in [0, 0.05) is 60.7 Å². The fraction of sp³-hybridized carbons (Fsp3) is 0.436. The number of nitrogens with zero attached hydrogens (tertiary/aromatic N) is 7. The van der Waals surface area contributed by atoms with Gasteiger partial charge in [0.25, 0.3) is 11.7 Å². The van der Waals surface area contributed by atoms with Gasteiger partial charge in [-0.3, -0.25) is 19.8 Å². The first-order chi connectivity index (χ1) is 26.2. The second-order valence-electron chi connectivity index (χ2n) is 14.8. The van der Waals surface area contributed by atoms with E-state index in [1.54, 1.807) is 11.1 Å². The number of H-pyrrole nitrogens is 2. The highest BCUT2D eigenvalue weighted by atomic mass is 16.4. The maximum absolute atomic E-state index is 14.3. The number of carboxylic acid groups (broad SMARTS) is 1. The van der Waals surface area contributed by atoms with Crippen molar-refractivity contribution in [1.29, 1.82) is 0 Å². The molecule has 1 atom stereocenters. The first-order valence-corrected chi connectivity index (χ1v) is 18.8. The van der Waals surface area contributed by atoms with Crippen molar-refractivity contribution in [3.05, 3.63) is 87.1 Å². The summed E-state index contributed by atoms with van der Waals surface area (Å²) in [6.07, 6.45) is 8.52. The molecule has 4 aliphatic heterocycles. The molecular formula is C39H44N10O5. The number of carbonyl (C=O) groups is 4. The lowest BCUT2D eigenvalue weighted by Crippen LogP contribution is -2.56. The molecule has 0 aliphatic carbocycles. The molecule has 15 nitrogen and oxygen atoms in total. The largest absolute Gasteiger partial charge is 0.475 e. The van der Waals surface area contributed by atoms with Gasteiger partial charge in [-0.25, -0.2) is 19.6 Å². The highest BCUT2D eigenvalue weighted by Crippen LogP contribution is 2.30. The zero-order valence-electron chi connectivity index (χ0n) is 30.3. The number of nitrogens with one attached hydrogen (secondary N) is 3. The Bertz CT molecular complexity index is 2250. The van der Waals surface area contributed by atoms with Gasteiger partial charge in [0.15, 0.2) is 0 Å². The number of benzene rings is 2. The molecular weight excluding hydrogens is 688 g/mol. The van der Waals surface area contributed by atoms with Crippen molar-refractivity contribution >= 4 is 40.8 Å². The van der Waals surface area contributed by atoms with E-state index >= 15 is 0 Å². The number of para-hydroxylation sites is 1. The minimum Gasteiger partial charge on any atom is -0.475 e. The van der Waals surface area contributed by atoms with Gasteiger partial charge < -0.3 is 25.1 Å². The van der Waals surface area contributed by atoms with Crippen LogP contribution in [0.3, 0.4) is 0 Å². The first-order valence-electron chi connectivity index (χ1n) is 18.8. The number of aromatic carboxylic acids is 1. The molecule has 4 aliphatic rings. The number of aromatic nitrogens is 5. The van der Waals surface area contributed by atoms with E-state index in [9.17, 15) is 24.3 Å². The lowest BCUT2D eigenvalue weighted by molar-refractivity contribution is -0.135. The maximum atomic E-state index is 14.3. The molecule has 6 heterocycles. The Kier molecular flexibility index (Phi) is 9.80. The van der Waals surface area contributed by atoms with Crippen molar-refractivity contribution in [2.75, 3.05) is 39.3 Å². The second-order valence-corrected chi connectivity index (χ2v) is 14.8. The number of hydrogen-bond donors (Lipinski definition) is 4. The van der Waals surface area contributed by atoms with Crippen LogP contribution >= 0.6 is 0 Å². The predicted molar refractivity (Wildman–Crippen MR) is 198 cm³/mol. The number of rotatable bonds is 7. The number of carbonyl (C=O) groups excluding carboxylic acids is 3. The van der Waals surface area contributed by atoms with Gasteiger partial charge in [0.05, 0.1) is 17.1 Å². The summed E-state index contributed by atoms with van der Waals surface area (Å²) >= 11 is 0. The average molecular weight is 733 g/mol. The Hall–Kier alpha value is -5.70. The van der Waals surface area contributed by atoms with E-state index in [1.807, 2.05) is 54.3 Å². The molecule has 4 aromatic rings. The Morgan fingerprint density at radius 2 is 1.72 bits per heavy atom. The van der Waals surface area contributed by atoms with E-state index in [0.29, 0.717) is 68.2 Å². The van der Waals surface area contributed by atoms with Gasteiger partial charge in [-0.1, -0.05) is 29.8 Å². The van der Waals surface area contributed by atoms with Crippen LogP contribution in [0.25, 0.3) is 17.0 Å². The van der Waals surface area contributed by atoms with Crippen molar-refractivity contribution in [2.24, 2.45) is 4.99 Å². The van der Waals surface area contributed by atoms with Crippen LogP contribution in [0.5, 0.6) is 0 Å². The fourth-order valence-electron chi connectivity index (χ4n) is 8.47. The van der Waals surface area contributed by atoms with Gasteiger partial charge >= 0.3 is 12.0 Å². The monoisotopic (exact) mass is 732 g/mol. The van der Waals surface area contributed by atoms with E-state index < -0.39 is 12.0 Å². The molecule has 0 unspecified atom stereocenters. The quantitative estimate of drug-likeness (QED) is 0.206. The highest BCUT2D eigenvalue weighted by molar-refractivity contribution is 6.04. The molecule has 2 aromatic carbocycles. The minimum atomic E-state index is -1.14. The second kappa shape index (κ2) is 15.0. The fourth-order valence-corrected chi connectivity index (χ4v) is 8.47. The SMILES string of the molecule is Cc1cc(C[C@@H](NC(=O)N2CCC(=C3C=c4ccccc4=NC3=O)CC2)C(=O)N2CCC(N3CCC(c4nc(C(=O)O)n[nH]4)CC3)CC2)cc2cn[nH]c12. The number of piperidine rings is 3. The molecule has 4 N–H and O–H groups in total. The summed E-state index contributed by atoms with van der Waals surface area (Å²) in [7, 11) is 0. The number of hydrogen-bond acceptors (Lipinski definition) is 8. The molecule has 8 rings (SSSR count). The molecule has 0 bridgehead atoms. The highest BCUT2D eigenvalue weighted by Gasteiger charge is 2.35. The van der Waals surface area contributed by atoms with Crippen LogP contribution in [-0.4, -0.2) is 120 Å². The van der Waals surface area contributed by atoms with Crippen molar-refractivity contribution < 1.29 is 24.3 Å². The van der Waals surface area contributed by atoms with Gasteiger partial charge in [-0.2, -0.15) is 5.10 Å². The van der Waals surface area contributed by atoms with E-state index in [0.717, 1.165) is 71.6 Å². The summed E-state index contributed by atoms with van der Waals surface area (Å²) in [4.78, 5) is 66.8. The van der Waals surface area contributed by atoms with Crippen LogP contribution in [0.4, 0.5) is 4.79 Å². The normalized spacial score (nSPS) is 19.3. The summed E-state index contributed by atoms with van der Waals surface area (Å²) in [6, 6.07) is 10.9. The standard InChI is InChI=1S/C39H44N10O5/c1-23-18-24(19-28-22-40-44-33(23)28)20-32(42-39(54)49-14-6-25(7-15-49)30-21-27-4-2-3-5-31(27)41-36(30)50)37(51)48-16-10-29(11-17-48)47-12-8-26(9-13-47)34-43-35(38(52)53)46-45-34/h2-5,18-19,21-22,26,29,32H,6-17,20H2,1H3,(H,40,44)(H,42,54)(H,52,53)(H,43,45,46)/t32-/m1/s1. The Labute approximate surface area is 311 Å². The molecule has 4 amide bonds. The smallest absolute Gasteiger partial charge is 0.375 e. The van der Waals surface area contributed by atoms with E-state index in [1.165, 1.54) is 0 Å². The molecule has 15 heteroatoms. The summed E-state index contributed by atoms with van der Waals surface area (Å²) in [5.41, 5.74) is 4.53. The third-order valence-electron chi connectivity index (χ3n) is 11.5. The number of aromatic amines is 2. The summed E-state index contributed by atoms with van der Waals surface area (Å²) in [6.45, 7) is 5.80. The van der Waals surface area contributed by atoms with E-state index in [-0.39, 0.29) is 29.6 Å². The van der Waals surface area contributed by atoms with E-state index in [4.69, 9.17) is 0 Å². The number of urea groups is 1. The number of amides is 4. The van der Waals surface area contributed by atoms with Crippen molar-refractivity contribution in [2.45, 2.75) is 69.9 Å². The Morgan fingerprint density at radius 3 is 2.46 bits per heavy atom. The van der Waals surface area contributed by atoms with Crippen LogP contribution in [0, 0.1) is 6.92 Å². The molecule has 0 saturated carbocycles. The third-order valence-corrected chi connectivity index (χ3v) is 11.5. The van der Waals surface area contributed by atoms with Gasteiger partial charge in [0.2, 0.25) is 5.91 Å². The number of aryl methyl sites for hydroxylation is 1. The molecule has 3 saturated heterocycles. The van der Waals surface area contributed by atoms with Crippen molar-refractivity contribution in [1.82, 2.24) is 45.4 Å². The lowest BCUT2D eigenvalue weighted by atomic mass is 9.92. The molecule has 280 valence electrons. The van der Waals surface area contributed by atoms with Crippen LogP contribution in [0.2, 0.25) is 0 Å².